The quantitative estimate of drug-likeness (QED) is 0.830. The van der Waals surface area contributed by atoms with Crippen molar-refractivity contribution < 1.29 is 4.74 Å². The topological polar surface area (TPSA) is 35.2 Å². The van der Waals surface area contributed by atoms with Gasteiger partial charge in [0.2, 0.25) is 0 Å². The lowest BCUT2D eigenvalue weighted by atomic mass is 9.85. The molecule has 0 bridgehead atoms. The third-order valence-electron chi connectivity index (χ3n) is 3.92. The molecule has 0 saturated heterocycles. The van der Waals surface area contributed by atoms with E-state index in [0.717, 1.165) is 17.2 Å². The average Bonchev–Trinajstić information content (AvgIpc) is 2.41. The number of rotatable bonds is 5. The lowest BCUT2D eigenvalue weighted by Crippen LogP contribution is -2.25. The minimum atomic E-state index is 0.389. The van der Waals surface area contributed by atoms with E-state index in [9.17, 15) is 0 Å². The Morgan fingerprint density at radius 1 is 1.32 bits per heavy atom. The van der Waals surface area contributed by atoms with Crippen LogP contribution in [0.2, 0.25) is 0 Å². The molecule has 1 aliphatic carbocycles. The fourth-order valence-electron chi connectivity index (χ4n) is 2.80. The van der Waals surface area contributed by atoms with Crippen LogP contribution in [0.15, 0.2) is 24.3 Å². The summed E-state index contributed by atoms with van der Waals surface area (Å²) in [6.07, 6.45) is 7.37. The zero-order chi connectivity index (χ0) is 13.7. The highest BCUT2D eigenvalue weighted by Crippen LogP contribution is 2.29. The van der Waals surface area contributed by atoms with E-state index in [0.29, 0.717) is 17.5 Å². The second-order valence-corrected chi connectivity index (χ2v) is 5.99. The Balaban J connectivity index is 1.90. The summed E-state index contributed by atoms with van der Waals surface area (Å²) >= 11 is 4.91. The maximum absolute atomic E-state index is 6.08. The van der Waals surface area contributed by atoms with E-state index in [4.69, 9.17) is 22.7 Å². The summed E-state index contributed by atoms with van der Waals surface area (Å²) in [6.45, 7) is 2.28. The molecule has 2 unspecified atom stereocenters. The Morgan fingerprint density at radius 3 is 2.68 bits per heavy atom. The first kappa shape index (κ1) is 14.3. The van der Waals surface area contributed by atoms with Crippen LogP contribution in [0.3, 0.4) is 0 Å². The van der Waals surface area contributed by atoms with Gasteiger partial charge in [0.05, 0.1) is 11.1 Å². The maximum Gasteiger partial charge on any atom is 0.119 e. The molecule has 3 heteroatoms. The van der Waals surface area contributed by atoms with Crippen molar-refractivity contribution in [3.8, 4) is 5.75 Å². The van der Waals surface area contributed by atoms with Crippen LogP contribution in [0.4, 0.5) is 0 Å². The molecule has 0 aromatic heterocycles. The monoisotopic (exact) mass is 277 g/mol. The minimum Gasteiger partial charge on any atom is -0.490 e. The summed E-state index contributed by atoms with van der Waals surface area (Å²) in [5.41, 5.74) is 6.69. The van der Waals surface area contributed by atoms with Crippen molar-refractivity contribution in [1.82, 2.24) is 0 Å². The third kappa shape index (κ3) is 4.50. The zero-order valence-corrected chi connectivity index (χ0v) is 12.4. The summed E-state index contributed by atoms with van der Waals surface area (Å²) in [4.78, 5) is 0.534. The molecule has 1 saturated carbocycles. The summed E-state index contributed by atoms with van der Waals surface area (Å²) in [5, 5.41) is 0. The Hall–Kier alpha value is -1.09. The first-order valence-electron chi connectivity index (χ1n) is 7.21. The Labute approximate surface area is 121 Å². The van der Waals surface area contributed by atoms with Crippen LogP contribution in [0.5, 0.6) is 5.75 Å². The maximum atomic E-state index is 6.08. The van der Waals surface area contributed by atoms with Crippen LogP contribution in [0.25, 0.3) is 0 Å². The fourth-order valence-corrected chi connectivity index (χ4v) is 2.97. The lowest BCUT2D eigenvalue weighted by molar-refractivity contribution is 0.122. The van der Waals surface area contributed by atoms with Crippen molar-refractivity contribution in [3.63, 3.8) is 0 Å². The number of benzene rings is 1. The molecule has 1 aromatic rings. The molecule has 2 atom stereocenters. The summed E-state index contributed by atoms with van der Waals surface area (Å²) < 4.78 is 6.08. The van der Waals surface area contributed by atoms with Gasteiger partial charge in [-0.15, -0.1) is 0 Å². The predicted octanol–water partition coefficient (Wildman–Crippen LogP) is 3.86. The van der Waals surface area contributed by atoms with Crippen LogP contribution in [0.1, 0.15) is 44.6 Å². The van der Waals surface area contributed by atoms with E-state index in [1.807, 2.05) is 12.1 Å². The normalized spacial score (nSPS) is 23.0. The highest BCUT2D eigenvalue weighted by Gasteiger charge is 2.21. The van der Waals surface area contributed by atoms with Gasteiger partial charge in [0.25, 0.3) is 0 Å². The van der Waals surface area contributed by atoms with Gasteiger partial charge >= 0.3 is 0 Å². The number of thiocarbonyl (C=S) groups is 1. The van der Waals surface area contributed by atoms with E-state index in [1.165, 1.54) is 32.1 Å². The Kier molecular flexibility index (Phi) is 5.20. The first-order valence-corrected chi connectivity index (χ1v) is 7.62. The molecule has 1 fully saturated rings. The first-order chi connectivity index (χ1) is 9.17. The number of hydrogen-bond acceptors (Lipinski definition) is 2. The van der Waals surface area contributed by atoms with Crippen molar-refractivity contribution >= 4 is 17.2 Å². The molecule has 1 aromatic carbocycles. The second-order valence-electron chi connectivity index (χ2n) is 5.47. The van der Waals surface area contributed by atoms with E-state index in [2.05, 4.69) is 19.1 Å². The van der Waals surface area contributed by atoms with Crippen LogP contribution < -0.4 is 10.5 Å². The standard InChI is InChI=1S/C16H23NOS/c1-2-12-4-3-5-15(10-12)18-14-8-6-13(7-9-14)11-16(17)19/h6-9,12,15H,2-5,10-11H2,1H3,(H2,17,19). The van der Waals surface area contributed by atoms with Gasteiger partial charge in [-0.2, -0.15) is 0 Å². The average molecular weight is 277 g/mol. The number of ether oxygens (including phenoxy) is 1. The molecule has 0 aliphatic heterocycles. The minimum absolute atomic E-state index is 0.389. The van der Waals surface area contributed by atoms with Gasteiger partial charge in [-0.3, -0.25) is 0 Å². The highest BCUT2D eigenvalue weighted by atomic mass is 32.1. The van der Waals surface area contributed by atoms with Gasteiger partial charge in [0.1, 0.15) is 5.75 Å². The van der Waals surface area contributed by atoms with Gasteiger partial charge < -0.3 is 10.5 Å². The number of nitrogens with two attached hydrogens (primary N) is 1. The van der Waals surface area contributed by atoms with Gasteiger partial charge in [0, 0.05) is 6.42 Å². The van der Waals surface area contributed by atoms with Crippen LogP contribution in [-0.2, 0) is 6.42 Å². The van der Waals surface area contributed by atoms with E-state index in [-0.39, 0.29) is 0 Å². The van der Waals surface area contributed by atoms with Gasteiger partial charge in [-0.25, -0.2) is 0 Å². The largest absolute Gasteiger partial charge is 0.490 e. The summed E-state index contributed by atoms with van der Waals surface area (Å²) in [5.74, 6) is 1.81. The fraction of sp³-hybridized carbons (Fsp3) is 0.562. The van der Waals surface area contributed by atoms with Gasteiger partial charge in [0.15, 0.2) is 0 Å². The van der Waals surface area contributed by atoms with Gasteiger partial charge in [-0.1, -0.05) is 44.1 Å². The SMILES string of the molecule is CCC1CCCC(Oc2ccc(CC(N)=S)cc2)C1. The molecule has 2 rings (SSSR count). The molecular formula is C16H23NOS. The van der Waals surface area contributed by atoms with Crippen LogP contribution >= 0.6 is 12.2 Å². The zero-order valence-electron chi connectivity index (χ0n) is 11.6. The van der Waals surface area contributed by atoms with Crippen molar-refractivity contribution in [2.45, 2.75) is 51.6 Å². The van der Waals surface area contributed by atoms with Crippen molar-refractivity contribution in [3.05, 3.63) is 29.8 Å². The predicted molar refractivity (Wildman–Crippen MR) is 83.6 cm³/mol. The molecule has 2 nitrogen and oxygen atoms in total. The van der Waals surface area contributed by atoms with Crippen LogP contribution in [0, 0.1) is 5.92 Å². The number of hydrogen-bond donors (Lipinski definition) is 1. The molecule has 0 radical (unpaired) electrons. The lowest BCUT2D eigenvalue weighted by Gasteiger charge is -2.29. The third-order valence-corrected chi connectivity index (χ3v) is 4.06. The Bertz CT molecular complexity index is 415. The van der Waals surface area contributed by atoms with Crippen LogP contribution in [-0.4, -0.2) is 11.1 Å². The van der Waals surface area contributed by atoms with Crippen molar-refractivity contribution in [2.24, 2.45) is 11.7 Å². The summed E-state index contributed by atoms with van der Waals surface area (Å²) in [6, 6.07) is 8.16. The second kappa shape index (κ2) is 6.90. The molecular weight excluding hydrogens is 254 g/mol. The molecule has 0 heterocycles. The van der Waals surface area contributed by atoms with E-state index in [1.54, 1.807) is 0 Å². The highest BCUT2D eigenvalue weighted by molar-refractivity contribution is 7.80. The molecule has 104 valence electrons. The molecule has 19 heavy (non-hydrogen) atoms. The van der Waals surface area contributed by atoms with E-state index < -0.39 is 0 Å². The van der Waals surface area contributed by atoms with E-state index >= 15 is 0 Å². The molecule has 0 amide bonds. The molecule has 1 aliphatic rings. The van der Waals surface area contributed by atoms with Gasteiger partial charge in [-0.05, 0) is 42.9 Å². The van der Waals surface area contributed by atoms with Crippen molar-refractivity contribution in [1.29, 1.82) is 0 Å². The smallest absolute Gasteiger partial charge is 0.119 e. The Morgan fingerprint density at radius 2 is 2.05 bits per heavy atom. The summed E-state index contributed by atoms with van der Waals surface area (Å²) in [7, 11) is 0. The molecule has 2 N–H and O–H groups in total. The van der Waals surface area contributed by atoms with Crippen molar-refractivity contribution in [2.75, 3.05) is 0 Å². The molecule has 0 spiro atoms.